The lowest BCUT2D eigenvalue weighted by Crippen LogP contribution is -2.27. The van der Waals surface area contributed by atoms with Crippen molar-refractivity contribution in [1.82, 2.24) is 10.2 Å². The number of hydrogen-bond acceptors (Lipinski definition) is 3. The van der Waals surface area contributed by atoms with Crippen molar-refractivity contribution in [3.05, 3.63) is 23.2 Å². The molecule has 2 aliphatic rings. The number of aryl methyl sites for hydroxylation is 1. The SMILES string of the molecule is CCCNCc1oc(CN(CC2CC2)C2CC2)cc1C. The third-order valence-corrected chi connectivity index (χ3v) is 4.40. The third kappa shape index (κ3) is 3.86. The highest BCUT2D eigenvalue weighted by Gasteiger charge is 2.34. The van der Waals surface area contributed by atoms with Crippen molar-refractivity contribution in [3.8, 4) is 0 Å². The van der Waals surface area contributed by atoms with Gasteiger partial charge in [-0.25, -0.2) is 0 Å². The lowest BCUT2D eigenvalue weighted by molar-refractivity contribution is 0.222. The summed E-state index contributed by atoms with van der Waals surface area (Å²) in [4.78, 5) is 2.65. The Labute approximate surface area is 122 Å². The minimum atomic E-state index is 0.836. The molecule has 1 aromatic rings. The van der Waals surface area contributed by atoms with Crippen LogP contribution in [0.5, 0.6) is 0 Å². The van der Waals surface area contributed by atoms with Crippen molar-refractivity contribution < 1.29 is 4.42 Å². The fourth-order valence-electron chi connectivity index (χ4n) is 2.84. The van der Waals surface area contributed by atoms with E-state index >= 15 is 0 Å². The topological polar surface area (TPSA) is 28.4 Å². The highest BCUT2D eigenvalue weighted by atomic mass is 16.3. The monoisotopic (exact) mass is 276 g/mol. The molecule has 1 aromatic heterocycles. The maximum Gasteiger partial charge on any atom is 0.120 e. The molecule has 20 heavy (non-hydrogen) atoms. The van der Waals surface area contributed by atoms with Crippen LogP contribution < -0.4 is 5.32 Å². The van der Waals surface area contributed by atoms with Gasteiger partial charge >= 0.3 is 0 Å². The molecule has 1 heterocycles. The molecule has 2 saturated carbocycles. The highest BCUT2D eigenvalue weighted by molar-refractivity contribution is 5.20. The van der Waals surface area contributed by atoms with Gasteiger partial charge in [0.25, 0.3) is 0 Å². The lowest BCUT2D eigenvalue weighted by atomic mass is 10.2. The summed E-state index contributed by atoms with van der Waals surface area (Å²) in [6.07, 6.45) is 6.82. The van der Waals surface area contributed by atoms with Gasteiger partial charge in [0.1, 0.15) is 11.5 Å². The summed E-state index contributed by atoms with van der Waals surface area (Å²) in [5.41, 5.74) is 1.30. The first-order valence-electron chi connectivity index (χ1n) is 8.29. The van der Waals surface area contributed by atoms with E-state index in [9.17, 15) is 0 Å². The fraction of sp³-hybridized carbons (Fsp3) is 0.765. The molecule has 2 fully saturated rings. The molecule has 3 rings (SSSR count). The Bertz CT molecular complexity index is 432. The van der Waals surface area contributed by atoms with Crippen LogP contribution in [-0.4, -0.2) is 24.0 Å². The maximum absolute atomic E-state index is 6.07. The summed E-state index contributed by atoms with van der Waals surface area (Å²) in [6, 6.07) is 3.08. The van der Waals surface area contributed by atoms with Crippen molar-refractivity contribution in [3.63, 3.8) is 0 Å². The molecule has 0 unspecified atom stereocenters. The van der Waals surface area contributed by atoms with Gasteiger partial charge in [-0.05, 0) is 63.1 Å². The van der Waals surface area contributed by atoms with Gasteiger partial charge in [-0.2, -0.15) is 0 Å². The van der Waals surface area contributed by atoms with Gasteiger partial charge in [0, 0.05) is 12.6 Å². The van der Waals surface area contributed by atoms with Gasteiger partial charge in [-0.15, -0.1) is 0 Å². The van der Waals surface area contributed by atoms with Crippen molar-refractivity contribution in [2.45, 2.75) is 65.1 Å². The fourth-order valence-corrected chi connectivity index (χ4v) is 2.84. The van der Waals surface area contributed by atoms with Crippen LogP contribution in [0.4, 0.5) is 0 Å². The van der Waals surface area contributed by atoms with Crippen molar-refractivity contribution in [1.29, 1.82) is 0 Å². The summed E-state index contributed by atoms with van der Waals surface area (Å²) >= 11 is 0. The molecule has 1 N–H and O–H groups in total. The lowest BCUT2D eigenvalue weighted by Gasteiger charge is -2.20. The van der Waals surface area contributed by atoms with Crippen LogP contribution in [-0.2, 0) is 13.1 Å². The first kappa shape index (κ1) is 14.2. The average molecular weight is 276 g/mol. The Morgan fingerprint density at radius 3 is 2.75 bits per heavy atom. The molecule has 2 aliphatic carbocycles. The standard InChI is InChI=1S/C17H28N2O/c1-3-8-18-10-17-13(2)9-16(20-17)12-19(15-6-7-15)11-14-4-5-14/h9,14-15,18H,3-8,10-12H2,1-2H3. The summed E-state index contributed by atoms with van der Waals surface area (Å²) in [5.74, 6) is 3.25. The number of hydrogen-bond donors (Lipinski definition) is 1. The van der Waals surface area contributed by atoms with Gasteiger partial charge in [0.05, 0.1) is 13.1 Å². The second-order valence-corrected chi connectivity index (χ2v) is 6.60. The number of furan rings is 1. The second-order valence-electron chi connectivity index (χ2n) is 6.60. The number of nitrogens with zero attached hydrogens (tertiary/aromatic N) is 1. The van der Waals surface area contributed by atoms with E-state index in [1.165, 1.54) is 44.2 Å². The van der Waals surface area contributed by atoms with Crippen molar-refractivity contribution >= 4 is 0 Å². The molecule has 3 nitrogen and oxygen atoms in total. The number of nitrogens with one attached hydrogen (secondary N) is 1. The molecule has 0 amide bonds. The molecular weight excluding hydrogens is 248 g/mol. The van der Waals surface area contributed by atoms with E-state index in [1.807, 2.05) is 0 Å². The predicted molar refractivity (Wildman–Crippen MR) is 81.6 cm³/mol. The quantitative estimate of drug-likeness (QED) is 0.700. The Kier molecular flexibility index (Phi) is 4.47. The van der Waals surface area contributed by atoms with E-state index in [0.29, 0.717) is 0 Å². The molecule has 0 atom stereocenters. The largest absolute Gasteiger partial charge is 0.463 e. The summed E-state index contributed by atoms with van der Waals surface area (Å²) in [7, 11) is 0. The van der Waals surface area contributed by atoms with Crippen LogP contribution in [0, 0.1) is 12.8 Å². The summed E-state index contributed by atoms with van der Waals surface area (Å²) in [5, 5.41) is 3.43. The van der Waals surface area contributed by atoms with Crippen LogP contribution in [0.25, 0.3) is 0 Å². The molecule has 0 bridgehead atoms. The minimum Gasteiger partial charge on any atom is -0.463 e. The van der Waals surface area contributed by atoms with Crippen LogP contribution in [0.2, 0.25) is 0 Å². The molecule has 0 saturated heterocycles. The molecular formula is C17H28N2O. The zero-order chi connectivity index (χ0) is 13.9. The second kappa shape index (κ2) is 6.31. The zero-order valence-electron chi connectivity index (χ0n) is 13.0. The summed E-state index contributed by atoms with van der Waals surface area (Å²) in [6.45, 7) is 8.58. The van der Waals surface area contributed by atoms with Crippen molar-refractivity contribution in [2.24, 2.45) is 5.92 Å². The molecule has 0 aliphatic heterocycles. The molecule has 0 radical (unpaired) electrons. The zero-order valence-corrected chi connectivity index (χ0v) is 13.0. The van der Waals surface area contributed by atoms with Crippen LogP contribution in [0.3, 0.4) is 0 Å². The van der Waals surface area contributed by atoms with Gasteiger partial charge in [0.15, 0.2) is 0 Å². The van der Waals surface area contributed by atoms with E-state index in [0.717, 1.165) is 43.1 Å². The molecule has 0 spiro atoms. The first-order valence-corrected chi connectivity index (χ1v) is 8.29. The first-order chi connectivity index (χ1) is 9.76. The Balaban J connectivity index is 1.56. The van der Waals surface area contributed by atoms with E-state index in [1.54, 1.807) is 0 Å². The molecule has 112 valence electrons. The minimum absolute atomic E-state index is 0.836. The van der Waals surface area contributed by atoms with Crippen molar-refractivity contribution in [2.75, 3.05) is 13.1 Å². The Hall–Kier alpha value is -0.800. The predicted octanol–water partition coefficient (Wildman–Crippen LogP) is 3.46. The van der Waals surface area contributed by atoms with Crippen LogP contribution in [0.1, 0.15) is 56.1 Å². The van der Waals surface area contributed by atoms with E-state index in [-0.39, 0.29) is 0 Å². The van der Waals surface area contributed by atoms with E-state index in [4.69, 9.17) is 4.42 Å². The average Bonchev–Trinajstić information content (AvgIpc) is 3.31. The van der Waals surface area contributed by atoms with Gasteiger partial charge in [0.2, 0.25) is 0 Å². The highest BCUT2D eigenvalue weighted by Crippen LogP contribution is 2.35. The van der Waals surface area contributed by atoms with Crippen LogP contribution in [0.15, 0.2) is 10.5 Å². The summed E-state index contributed by atoms with van der Waals surface area (Å²) < 4.78 is 6.07. The normalized spacial score (nSPS) is 18.9. The van der Waals surface area contributed by atoms with Crippen LogP contribution >= 0.6 is 0 Å². The maximum atomic E-state index is 6.07. The van der Waals surface area contributed by atoms with Gasteiger partial charge in [-0.1, -0.05) is 6.92 Å². The van der Waals surface area contributed by atoms with Gasteiger partial charge in [-0.3, -0.25) is 4.90 Å². The Morgan fingerprint density at radius 1 is 1.30 bits per heavy atom. The number of rotatable bonds is 9. The smallest absolute Gasteiger partial charge is 0.120 e. The molecule has 3 heteroatoms. The van der Waals surface area contributed by atoms with E-state index in [2.05, 4.69) is 30.1 Å². The Morgan fingerprint density at radius 2 is 2.10 bits per heavy atom. The third-order valence-electron chi connectivity index (χ3n) is 4.40. The van der Waals surface area contributed by atoms with E-state index < -0.39 is 0 Å². The van der Waals surface area contributed by atoms with Gasteiger partial charge < -0.3 is 9.73 Å². The molecule has 0 aromatic carbocycles.